The van der Waals surface area contributed by atoms with Gasteiger partial charge in [-0.05, 0) is 134 Å². The van der Waals surface area contributed by atoms with E-state index in [2.05, 4.69) is 31.2 Å². The average molecular weight is 1240 g/mol. The number of anilines is 1. The lowest BCUT2D eigenvalue weighted by Crippen LogP contribution is -2.57. The number of likely N-dealkylation sites (tertiary alicyclic amines) is 1. The van der Waals surface area contributed by atoms with E-state index >= 15 is 0 Å². The number of benzene rings is 4. The summed E-state index contributed by atoms with van der Waals surface area (Å²) < 4.78 is 17.9. The second-order valence-electron chi connectivity index (χ2n) is 24.4. The van der Waals surface area contributed by atoms with Gasteiger partial charge >= 0.3 is 7.60 Å². The number of carbonyl (C=O) groups is 8. The number of nitrogens with two attached hydrogens (primary N) is 1. The minimum Gasteiger partial charge on any atom is -0.491 e. The number of fused-ring (bicyclic) bond motifs is 1. The van der Waals surface area contributed by atoms with Crippen molar-refractivity contribution < 1.29 is 62.6 Å². The molecule has 7 atom stereocenters. The number of carbonyl (C=O) groups excluding carboxylic acids is 8. The molecule has 88 heavy (non-hydrogen) atoms. The van der Waals surface area contributed by atoms with Crippen LogP contribution in [0.15, 0.2) is 90.4 Å². The van der Waals surface area contributed by atoms with Gasteiger partial charge in [-0.1, -0.05) is 75.7 Å². The van der Waals surface area contributed by atoms with E-state index in [-0.39, 0.29) is 80.8 Å². The fraction of sp³-hybridized carbons (Fsp3) is 0.422. The van der Waals surface area contributed by atoms with Crippen molar-refractivity contribution in [2.75, 3.05) is 18.1 Å². The van der Waals surface area contributed by atoms with Crippen LogP contribution in [0.3, 0.4) is 0 Å². The molecule has 1 fully saturated rings. The standard InChI is InChI=1S/C64H76N9O13PS/c1-35-25-38(11-8-7-9-14-54(76)71-57(64(4,5)6)62(81)72-32-46(74)31-51(72)59(78)67-36(2)39-15-17-41(18-16-39)56-37(3)66-34-88-56)27-47(26-35)86-33-45(21-24-53(65)75)68-60(79)52-30-42-13-10-12-40-19-23-49(61(80)73(52)55(40)42)70-58(77)50-29-44-28-43(20-22-48(44)69-50)63(82)87(83,84)85/h10,12-13,15-18,20,22,25-29,34,36,45-46,49,51-52,57,69,74H,7-9,11,14,19,21,23-24,30-33H2,1-6H3,(H2,65,75)(H,67,78)(H,68,79)(H,70,77)(H,71,76)(H2,83,84,85)/t36-,45-,46+,49-,51-,52-,57+/m0/s1. The van der Waals surface area contributed by atoms with Crippen LogP contribution in [0.4, 0.5) is 5.69 Å². The lowest BCUT2D eigenvalue weighted by Gasteiger charge is -2.35. The molecule has 4 aromatic carbocycles. The highest BCUT2D eigenvalue weighted by atomic mass is 32.1. The third kappa shape index (κ3) is 15.2. The number of hydrogen-bond acceptors (Lipinski definition) is 13. The van der Waals surface area contributed by atoms with Crippen molar-refractivity contribution in [2.45, 2.75) is 155 Å². The summed E-state index contributed by atoms with van der Waals surface area (Å²) in [5, 5.41) is 22.9. The molecule has 0 radical (unpaired) electrons. The molecule has 0 bridgehead atoms. The Bertz CT molecular complexity index is 3700. The second-order valence-corrected chi connectivity index (χ2v) is 26.7. The van der Waals surface area contributed by atoms with Gasteiger partial charge in [-0.2, -0.15) is 0 Å². The van der Waals surface area contributed by atoms with Gasteiger partial charge in [0.05, 0.1) is 40.0 Å². The van der Waals surface area contributed by atoms with Crippen LogP contribution in [0.1, 0.15) is 139 Å². The maximum Gasteiger partial charge on any atom is 0.396 e. The number of amides is 7. The molecule has 0 aliphatic carbocycles. The number of ether oxygens (including phenoxy) is 1. The first-order chi connectivity index (χ1) is 41.7. The van der Waals surface area contributed by atoms with Crippen LogP contribution < -0.4 is 36.6 Å². The van der Waals surface area contributed by atoms with Gasteiger partial charge in [0.2, 0.25) is 35.4 Å². The molecule has 6 aromatic rings. The maximum atomic E-state index is 14.6. The van der Waals surface area contributed by atoms with Gasteiger partial charge in [0.15, 0.2) is 0 Å². The molecule has 0 saturated carbocycles. The van der Waals surface area contributed by atoms with Gasteiger partial charge < -0.3 is 56.5 Å². The van der Waals surface area contributed by atoms with Gasteiger partial charge in [0, 0.05) is 48.7 Å². The van der Waals surface area contributed by atoms with Gasteiger partial charge in [-0.15, -0.1) is 11.3 Å². The monoisotopic (exact) mass is 1240 g/mol. The molecular formula is C64H76N9O13PS. The smallest absolute Gasteiger partial charge is 0.396 e. The Labute approximate surface area is 513 Å². The summed E-state index contributed by atoms with van der Waals surface area (Å²) in [4.78, 5) is 139. The molecule has 5 heterocycles. The number of β-amino-alcohol motifs (C(OH)–C–C–N with tert-alkyl or cyclic N) is 1. The van der Waals surface area contributed by atoms with E-state index in [1.807, 2.05) is 102 Å². The highest BCUT2D eigenvalue weighted by molar-refractivity contribution is 7.70. The number of aliphatic hydroxyl groups is 1. The Kier molecular flexibility index (Phi) is 19.8. The first kappa shape index (κ1) is 64.4. The quantitative estimate of drug-likeness (QED) is 0.0230. The summed E-state index contributed by atoms with van der Waals surface area (Å²) in [5.74, 6) is -2.83. The van der Waals surface area contributed by atoms with E-state index in [0.717, 1.165) is 50.4 Å². The third-order valence-electron chi connectivity index (χ3n) is 16.5. The van der Waals surface area contributed by atoms with E-state index in [0.29, 0.717) is 48.0 Å². The number of nitrogens with zero attached hydrogens (tertiary/aromatic N) is 3. The number of aliphatic hydroxyl groups excluding tert-OH is 1. The summed E-state index contributed by atoms with van der Waals surface area (Å²) in [6, 6.07) is 19.5. The van der Waals surface area contributed by atoms with Crippen LogP contribution in [-0.2, 0) is 52.6 Å². The topological polar surface area (TPSA) is 333 Å². The largest absolute Gasteiger partial charge is 0.491 e. The second kappa shape index (κ2) is 27.1. The van der Waals surface area contributed by atoms with E-state index in [9.17, 15) is 57.8 Å². The number of para-hydroxylation sites is 1. The van der Waals surface area contributed by atoms with Crippen molar-refractivity contribution in [1.82, 2.24) is 36.1 Å². The summed E-state index contributed by atoms with van der Waals surface area (Å²) in [6.07, 6.45) is 2.82. The number of rotatable bonds is 24. The zero-order chi connectivity index (χ0) is 63.4. The maximum absolute atomic E-state index is 14.6. The lowest BCUT2D eigenvalue weighted by atomic mass is 9.85. The number of hydrogen-bond donors (Lipinski definition) is 9. The molecule has 24 heteroatoms. The normalized spacial score (nSPS) is 18.4. The number of aromatic amines is 1. The predicted octanol–water partition coefficient (Wildman–Crippen LogP) is 6.53. The Morgan fingerprint density at radius 1 is 0.886 bits per heavy atom. The number of thiazole rings is 1. The molecule has 0 unspecified atom stereocenters. The van der Waals surface area contributed by atoms with Gasteiger partial charge in [-0.25, -0.2) is 4.98 Å². The Morgan fingerprint density at radius 3 is 2.33 bits per heavy atom. The molecule has 3 aliphatic rings. The number of primary amides is 1. The van der Waals surface area contributed by atoms with Gasteiger partial charge in [0.1, 0.15) is 42.2 Å². The summed E-state index contributed by atoms with van der Waals surface area (Å²) >= 11 is 1.56. The molecular weight excluding hydrogens is 1170 g/mol. The van der Waals surface area contributed by atoms with E-state index in [1.165, 1.54) is 34.1 Å². The number of nitrogens with one attached hydrogen (secondary N) is 5. The molecule has 3 aliphatic heterocycles. The molecule has 0 spiro atoms. The van der Waals surface area contributed by atoms with Crippen molar-refractivity contribution in [2.24, 2.45) is 11.1 Å². The van der Waals surface area contributed by atoms with Crippen LogP contribution in [0, 0.1) is 19.3 Å². The van der Waals surface area contributed by atoms with E-state index in [4.69, 9.17) is 10.5 Å². The van der Waals surface area contributed by atoms with Crippen molar-refractivity contribution in [3.63, 3.8) is 0 Å². The summed E-state index contributed by atoms with van der Waals surface area (Å²) in [6.45, 7) is 11.2. The van der Waals surface area contributed by atoms with Crippen LogP contribution in [-0.4, -0.2) is 126 Å². The van der Waals surface area contributed by atoms with Crippen LogP contribution >= 0.6 is 18.9 Å². The molecule has 10 N–H and O–H groups in total. The highest BCUT2D eigenvalue weighted by Gasteiger charge is 2.46. The van der Waals surface area contributed by atoms with Crippen molar-refractivity contribution >= 4 is 82.4 Å². The van der Waals surface area contributed by atoms with Gasteiger partial charge in [0.25, 0.3) is 11.4 Å². The van der Waals surface area contributed by atoms with Crippen LogP contribution in [0.5, 0.6) is 5.75 Å². The van der Waals surface area contributed by atoms with Crippen molar-refractivity contribution in [3.05, 3.63) is 135 Å². The minimum atomic E-state index is -5.06. The number of aromatic nitrogens is 2. The molecule has 2 aromatic heterocycles. The summed E-state index contributed by atoms with van der Waals surface area (Å²) in [7, 11) is -5.06. The highest BCUT2D eigenvalue weighted by Crippen LogP contribution is 2.41. The fourth-order valence-electron chi connectivity index (χ4n) is 11.9. The number of H-pyrrole nitrogens is 1. The number of aryl methyl sites for hydroxylation is 4. The molecule has 7 amide bonds. The van der Waals surface area contributed by atoms with E-state index < -0.39 is 84.4 Å². The average Bonchev–Trinajstić information content (AvgIpc) is 2.30. The SMILES string of the molecule is Cc1cc(CCCCCC(=O)N[C@H](C(=O)N2C[C@H](O)C[C@H]2C(=O)N[C@@H](C)c2ccc(-c3scnc3C)cc2)C(C)(C)C)cc(OC[C@H](CCC(N)=O)NC(=O)[C@@H]2Cc3cccc4c3N2C(=O)[C@@H](NC(=O)c2cc3cc(C(=O)P(=O)(O)O)ccc3[nH]2)CC4)c1. The zero-order valence-electron chi connectivity index (χ0n) is 50.1. The predicted molar refractivity (Wildman–Crippen MR) is 331 cm³/mol. The molecule has 466 valence electrons. The molecule has 22 nitrogen and oxygen atoms in total. The Hall–Kier alpha value is -8.08. The number of unbranched alkanes of at least 4 members (excludes halogenated alkanes) is 2. The Morgan fingerprint density at radius 2 is 1.62 bits per heavy atom. The van der Waals surface area contributed by atoms with Crippen LogP contribution in [0.25, 0.3) is 21.3 Å². The first-order valence-electron chi connectivity index (χ1n) is 29.6. The first-order valence-corrected chi connectivity index (χ1v) is 32.1. The van der Waals surface area contributed by atoms with E-state index in [1.54, 1.807) is 16.8 Å². The van der Waals surface area contributed by atoms with Gasteiger partial charge in [-0.3, -0.25) is 47.8 Å². The van der Waals surface area contributed by atoms with Crippen LogP contribution in [0.2, 0.25) is 0 Å². The van der Waals surface area contributed by atoms with Crippen molar-refractivity contribution in [3.8, 4) is 16.2 Å². The lowest BCUT2D eigenvalue weighted by molar-refractivity contribution is -0.144. The fourth-order valence-corrected chi connectivity index (χ4v) is 13.2. The molecule has 9 rings (SSSR count). The summed E-state index contributed by atoms with van der Waals surface area (Å²) in [5.41, 5.74) is 12.5. The molecule has 1 saturated heterocycles. The zero-order valence-corrected chi connectivity index (χ0v) is 51.8. The minimum absolute atomic E-state index is 0.0343. The Balaban J connectivity index is 0.769. The van der Waals surface area contributed by atoms with Crippen molar-refractivity contribution in [1.29, 1.82) is 0 Å². The third-order valence-corrected chi connectivity index (χ3v) is 18.2.